The SMILES string of the molecule is C/C(=C\C(=O)NCCc1ccc(S(N)(=O)=O)cc1)C(=O)O. The third kappa shape index (κ3) is 5.76. The number of nitrogens with two attached hydrogens (primary N) is 1. The van der Waals surface area contributed by atoms with Crippen molar-refractivity contribution in [2.75, 3.05) is 6.54 Å². The van der Waals surface area contributed by atoms with Gasteiger partial charge in [-0.1, -0.05) is 12.1 Å². The molecule has 0 fully saturated rings. The van der Waals surface area contributed by atoms with Gasteiger partial charge in [-0.15, -0.1) is 0 Å². The van der Waals surface area contributed by atoms with E-state index in [1.54, 1.807) is 12.1 Å². The molecular formula is C13H16N2O5S. The van der Waals surface area contributed by atoms with Crippen LogP contribution in [-0.2, 0) is 26.0 Å². The fraction of sp³-hybridized carbons (Fsp3) is 0.231. The van der Waals surface area contributed by atoms with Gasteiger partial charge < -0.3 is 10.4 Å². The predicted octanol–water partition coefficient (Wildman–Crippen LogP) is 0.0236. The quantitative estimate of drug-likeness (QED) is 0.638. The second kappa shape index (κ2) is 7.00. The second-order valence-electron chi connectivity index (χ2n) is 4.36. The fourth-order valence-corrected chi connectivity index (χ4v) is 2.00. The number of carbonyl (C=O) groups is 2. The van der Waals surface area contributed by atoms with Crippen molar-refractivity contribution >= 4 is 21.9 Å². The molecule has 0 unspecified atom stereocenters. The first kappa shape index (κ1) is 16.9. The summed E-state index contributed by atoms with van der Waals surface area (Å²) in [6.07, 6.45) is 1.49. The molecule has 0 saturated carbocycles. The third-order valence-electron chi connectivity index (χ3n) is 2.65. The van der Waals surface area contributed by atoms with E-state index in [1.165, 1.54) is 19.1 Å². The number of hydrogen-bond donors (Lipinski definition) is 3. The highest BCUT2D eigenvalue weighted by Gasteiger charge is 2.07. The normalized spacial score (nSPS) is 12.0. The second-order valence-corrected chi connectivity index (χ2v) is 5.92. The molecule has 0 atom stereocenters. The van der Waals surface area contributed by atoms with Crippen LogP contribution in [0.3, 0.4) is 0 Å². The summed E-state index contributed by atoms with van der Waals surface area (Å²) < 4.78 is 22.1. The summed E-state index contributed by atoms with van der Waals surface area (Å²) in [5, 5.41) is 16.1. The number of nitrogens with one attached hydrogen (secondary N) is 1. The Morgan fingerprint density at radius 1 is 1.29 bits per heavy atom. The lowest BCUT2D eigenvalue weighted by atomic mass is 10.1. The van der Waals surface area contributed by atoms with E-state index in [1.807, 2.05) is 0 Å². The van der Waals surface area contributed by atoms with Gasteiger partial charge in [0, 0.05) is 18.2 Å². The Hall–Kier alpha value is -2.19. The molecule has 7 nitrogen and oxygen atoms in total. The minimum absolute atomic E-state index is 0.0234. The van der Waals surface area contributed by atoms with Crippen molar-refractivity contribution in [3.05, 3.63) is 41.5 Å². The number of sulfonamides is 1. The molecule has 1 rings (SSSR count). The van der Waals surface area contributed by atoms with Crippen LogP contribution in [0.15, 0.2) is 40.8 Å². The maximum absolute atomic E-state index is 11.4. The third-order valence-corrected chi connectivity index (χ3v) is 3.58. The van der Waals surface area contributed by atoms with Crippen molar-refractivity contribution in [1.29, 1.82) is 0 Å². The van der Waals surface area contributed by atoms with E-state index in [0.29, 0.717) is 13.0 Å². The number of rotatable bonds is 6. The molecule has 0 radical (unpaired) electrons. The van der Waals surface area contributed by atoms with Gasteiger partial charge in [-0.25, -0.2) is 18.4 Å². The molecule has 8 heteroatoms. The Kier molecular flexibility index (Phi) is 5.62. The highest BCUT2D eigenvalue weighted by molar-refractivity contribution is 7.89. The van der Waals surface area contributed by atoms with Gasteiger partial charge >= 0.3 is 5.97 Å². The van der Waals surface area contributed by atoms with Gasteiger partial charge in [-0.2, -0.15) is 0 Å². The van der Waals surface area contributed by atoms with Crippen LogP contribution in [0.2, 0.25) is 0 Å². The first-order valence-corrected chi connectivity index (χ1v) is 7.56. The first-order chi connectivity index (χ1) is 9.70. The van der Waals surface area contributed by atoms with Gasteiger partial charge in [0.25, 0.3) is 0 Å². The Morgan fingerprint density at radius 3 is 2.33 bits per heavy atom. The molecule has 0 aliphatic carbocycles. The van der Waals surface area contributed by atoms with Crippen molar-refractivity contribution in [2.45, 2.75) is 18.2 Å². The number of amides is 1. The Bertz CT molecular complexity index is 662. The molecule has 0 heterocycles. The molecule has 0 aliphatic rings. The van der Waals surface area contributed by atoms with Crippen LogP contribution >= 0.6 is 0 Å². The van der Waals surface area contributed by atoms with Crippen LogP contribution in [0.4, 0.5) is 0 Å². The van der Waals surface area contributed by atoms with E-state index < -0.39 is 21.9 Å². The molecule has 0 bridgehead atoms. The van der Waals surface area contributed by atoms with E-state index in [0.717, 1.165) is 11.6 Å². The highest BCUT2D eigenvalue weighted by Crippen LogP contribution is 2.08. The van der Waals surface area contributed by atoms with E-state index in [-0.39, 0.29) is 10.5 Å². The summed E-state index contributed by atoms with van der Waals surface area (Å²) in [7, 11) is -3.71. The largest absolute Gasteiger partial charge is 0.478 e. The number of benzene rings is 1. The molecule has 0 aromatic heterocycles. The lowest BCUT2D eigenvalue weighted by Gasteiger charge is -2.04. The molecule has 114 valence electrons. The number of primary sulfonamides is 1. The van der Waals surface area contributed by atoms with Crippen LogP contribution in [0.5, 0.6) is 0 Å². The summed E-state index contributed by atoms with van der Waals surface area (Å²) in [6, 6.07) is 5.98. The van der Waals surface area contributed by atoms with Gasteiger partial charge in [-0.05, 0) is 31.0 Å². The number of hydrogen-bond acceptors (Lipinski definition) is 4. The number of carboxylic acid groups (broad SMARTS) is 1. The predicted molar refractivity (Wildman–Crippen MR) is 75.9 cm³/mol. The lowest BCUT2D eigenvalue weighted by molar-refractivity contribution is -0.133. The fourth-order valence-electron chi connectivity index (χ4n) is 1.49. The molecule has 4 N–H and O–H groups in total. The Morgan fingerprint density at radius 2 is 1.86 bits per heavy atom. The maximum atomic E-state index is 11.4. The molecule has 1 aromatic rings. The van der Waals surface area contributed by atoms with Crippen molar-refractivity contribution in [3.63, 3.8) is 0 Å². The van der Waals surface area contributed by atoms with Crippen LogP contribution in [0, 0.1) is 0 Å². The molecular weight excluding hydrogens is 296 g/mol. The van der Waals surface area contributed by atoms with Crippen LogP contribution in [0.25, 0.3) is 0 Å². The average Bonchev–Trinajstić information content (AvgIpc) is 2.38. The number of aliphatic carboxylic acids is 1. The molecule has 0 saturated heterocycles. The van der Waals surface area contributed by atoms with Crippen molar-refractivity contribution in [2.24, 2.45) is 5.14 Å². The van der Waals surface area contributed by atoms with Crippen LogP contribution in [0.1, 0.15) is 12.5 Å². The zero-order chi connectivity index (χ0) is 16.0. The molecule has 0 spiro atoms. The van der Waals surface area contributed by atoms with E-state index in [9.17, 15) is 18.0 Å². The topological polar surface area (TPSA) is 127 Å². The summed E-state index contributed by atoms with van der Waals surface area (Å²) in [5.74, 6) is -1.64. The smallest absolute Gasteiger partial charge is 0.331 e. The van der Waals surface area contributed by atoms with Crippen LogP contribution < -0.4 is 10.5 Å². The highest BCUT2D eigenvalue weighted by atomic mass is 32.2. The number of carboxylic acids is 1. The minimum atomic E-state index is -3.71. The van der Waals surface area contributed by atoms with Gasteiger partial charge in [0.05, 0.1) is 4.90 Å². The number of carbonyl (C=O) groups excluding carboxylic acids is 1. The Balaban J connectivity index is 2.52. The summed E-state index contributed by atoms with van der Waals surface area (Å²) >= 11 is 0. The summed E-state index contributed by atoms with van der Waals surface area (Å²) in [6.45, 7) is 1.63. The standard InChI is InChI=1S/C13H16N2O5S/c1-9(13(17)18)8-12(16)15-7-6-10-2-4-11(5-3-10)21(14,19)20/h2-5,8H,6-7H2,1H3,(H,15,16)(H,17,18)(H2,14,19,20)/b9-8+. The van der Waals surface area contributed by atoms with E-state index in [2.05, 4.69) is 5.32 Å². The monoisotopic (exact) mass is 312 g/mol. The van der Waals surface area contributed by atoms with Crippen molar-refractivity contribution < 1.29 is 23.1 Å². The minimum Gasteiger partial charge on any atom is -0.478 e. The zero-order valence-corrected chi connectivity index (χ0v) is 12.2. The van der Waals surface area contributed by atoms with Crippen molar-refractivity contribution in [1.82, 2.24) is 5.32 Å². The maximum Gasteiger partial charge on any atom is 0.331 e. The summed E-state index contributed by atoms with van der Waals surface area (Å²) in [5.41, 5.74) is 0.770. The van der Waals surface area contributed by atoms with Gasteiger partial charge in [0.1, 0.15) is 0 Å². The van der Waals surface area contributed by atoms with Gasteiger partial charge in [0.15, 0.2) is 0 Å². The average molecular weight is 312 g/mol. The summed E-state index contributed by atoms with van der Waals surface area (Å²) in [4.78, 5) is 21.9. The Labute approximate surface area is 122 Å². The van der Waals surface area contributed by atoms with E-state index >= 15 is 0 Å². The molecule has 0 aliphatic heterocycles. The van der Waals surface area contributed by atoms with Gasteiger partial charge in [0.2, 0.25) is 15.9 Å². The lowest BCUT2D eigenvalue weighted by Crippen LogP contribution is -2.24. The van der Waals surface area contributed by atoms with Crippen molar-refractivity contribution in [3.8, 4) is 0 Å². The van der Waals surface area contributed by atoms with Crippen LogP contribution in [-0.4, -0.2) is 31.9 Å². The molecule has 1 aromatic carbocycles. The first-order valence-electron chi connectivity index (χ1n) is 6.01. The van der Waals surface area contributed by atoms with E-state index in [4.69, 9.17) is 10.2 Å². The molecule has 21 heavy (non-hydrogen) atoms. The zero-order valence-electron chi connectivity index (χ0n) is 11.4. The van der Waals surface area contributed by atoms with Gasteiger partial charge in [-0.3, -0.25) is 4.79 Å². The molecule has 1 amide bonds.